The molecule has 0 saturated heterocycles. The standard InChI is InChI=1S/C8H22N2Si/c1-8(2)7-11(3,4)10-6-5-9/h8,10H,5-7,9H2,1-4H3. The molecule has 0 aliphatic carbocycles. The molecule has 0 heterocycles. The lowest BCUT2D eigenvalue weighted by Gasteiger charge is -2.25. The lowest BCUT2D eigenvalue weighted by atomic mass is 10.3. The van der Waals surface area contributed by atoms with Gasteiger partial charge >= 0.3 is 0 Å². The zero-order chi connectivity index (χ0) is 8.91. The molecule has 0 radical (unpaired) electrons. The van der Waals surface area contributed by atoms with Gasteiger partial charge in [0.15, 0.2) is 0 Å². The van der Waals surface area contributed by atoms with Crippen LogP contribution in [0.1, 0.15) is 13.8 Å². The van der Waals surface area contributed by atoms with Crippen LogP contribution in [0.15, 0.2) is 0 Å². The minimum Gasteiger partial charge on any atom is -0.336 e. The Morgan fingerprint density at radius 2 is 1.91 bits per heavy atom. The summed E-state index contributed by atoms with van der Waals surface area (Å²) in [5, 5.41) is 0. The lowest BCUT2D eigenvalue weighted by molar-refractivity contribution is 0.704. The summed E-state index contributed by atoms with van der Waals surface area (Å²) in [4.78, 5) is 3.55. The molecule has 68 valence electrons. The van der Waals surface area contributed by atoms with E-state index < -0.39 is 8.24 Å². The van der Waals surface area contributed by atoms with Gasteiger partial charge in [-0.05, 0) is 12.0 Å². The molecule has 0 aromatic carbocycles. The van der Waals surface area contributed by atoms with E-state index in [4.69, 9.17) is 5.73 Å². The summed E-state index contributed by atoms with van der Waals surface area (Å²) in [5.41, 5.74) is 5.43. The SMILES string of the molecule is CC(C)C[Si](C)(C)NCCN. The van der Waals surface area contributed by atoms with Crippen LogP contribution in [-0.2, 0) is 0 Å². The Morgan fingerprint density at radius 1 is 1.36 bits per heavy atom. The molecule has 0 aromatic rings. The van der Waals surface area contributed by atoms with Crippen molar-refractivity contribution in [2.24, 2.45) is 11.7 Å². The number of hydrogen-bond acceptors (Lipinski definition) is 2. The fraction of sp³-hybridized carbons (Fsp3) is 1.00. The molecule has 3 heteroatoms. The normalized spacial score (nSPS) is 12.5. The Labute approximate surface area is 71.6 Å². The van der Waals surface area contributed by atoms with Crippen LogP contribution in [-0.4, -0.2) is 21.3 Å². The van der Waals surface area contributed by atoms with Gasteiger partial charge in [-0.2, -0.15) is 0 Å². The molecule has 0 aliphatic heterocycles. The predicted molar refractivity (Wildman–Crippen MR) is 54.2 cm³/mol. The average molecular weight is 174 g/mol. The smallest absolute Gasteiger partial charge is 0.119 e. The van der Waals surface area contributed by atoms with Gasteiger partial charge in [0.05, 0.1) is 0 Å². The minimum absolute atomic E-state index is 0.758. The van der Waals surface area contributed by atoms with Crippen LogP contribution >= 0.6 is 0 Å². The predicted octanol–water partition coefficient (Wildman–Crippen LogP) is 1.40. The van der Waals surface area contributed by atoms with Crippen LogP contribution in [0.2, 0.25) is 19.1 Å². The van der Waals surface area contributed by atoms with E-state index in [0.717, 1.165) is 19.0 Å². The zero-order valence-corrected chi connectivity index (χ0v) is 9.28. The Bertz CT molecular complexity index is 102. The first kappa shape index (κ1) is 11.1. The van der Waals surface area contributed by atoms with E-state index in [1.165, 1.54) is 6.04 Å². The third-order valence-electron chi connectivity index (χ3n) is 1.67. The maximum atomic E-state index is 5.43. The van der Waals surface area contributed by atoms with E-state index in [-0.39, 0.29) is 0 Å². The second-order valence-electron chi connectivity index (χ2n) is 4.20. The van der Waals surface area contributed by atoms with E-state index in [0.29, 0.717) is 0 Å². The Kier molecular flexibility index (Phi) is 4.96. The second-order valence-corrected chi connectivity index (χ2v) is 8.73. The van der Waals surface area contributed by atoms with Gasteiger partial charge in [0.1, 0.15) is 8.24 Å². The molecule has 11 heavy (non-hydrogen) atoms. The molecule has 0 bridgehead atoms. The molecule has 0 atom stereocenters. The third kappa shape index (κ3) is 6.53. The summed E-state index contributed by atoms with van der Waals surface area (Å²) in [7, 11) is -1.12. The molecule has 0 saturated carbocycles. The number of rotatable bonds is 5. The van der Waals surface area contributed by atoms with E-state index in [1.807, 2.05) is 0 Å². The molecular weight excluding hydrogens is 152 g/mol. The average Bonchev–Trinajstić information content (AvgIpc) is 1.81. The van der Waals surface area contributed by atoms with Crippen molar-refractivity contribution in [1.29, 1.82) is 0 Å². The van der Waals surface area contributed by atoms with Crippen molar-refractivity contribution in [2.75, 3.05) is 13.1 Å². The first-order valence-corrected chi connectivity index (χ1v) is 7.64. The molecule has 0 aromatic heterocycles. The van der Waals surface area contributed by atoms with Crippen LogP contribution in [0.25, 0.3) is 0 Å². The number of nitrogens with two attached hydrogens (primary N) is 1. The van der Waals surface area contributed by atoms with Crippen LogP contribution in [0, 0.1) is 5.92 Å². The van der Waals surface area contributed by atoms with Crippen LogP contribution in [0.4, 0.5) is 0 Å². The van der Waals surface area contributed by atoms with Crippen molar-refractivity contribution < 1.29 is 0 Å². The van der Waals surface area contributed by atoms with E-state index in [2.05, 4.69) is 31.9 Å². The number of nitrogens with one attached hydrogen (secondary N) is 1. The maximum Gasteiger partial charge on any atom is 0.119 e. The van der Waals surface area contributed by atoms with E-state index in [9.17, 15) is 0 Å². The van der Waals surface area contributed by atoms with E-state index >= 15 is 0 Å². The molecule has 0 fully saturated rings. The molecule has 0 aliphatic rings. The number of hydrogen-bond donors (Lipinski definition) is 2. The second kappa shape index (κ2) is 4.90. The summed E-state index contributed by atoms with van der Waals surface area (Å²) < 4.78 is 0. The maximum absolute atomic E-state index is 5.43. The monoisotopic (exact) mass is 174 g/mol. The summed E-state index contributed by atoms with van der Waals surface area (Å²) in [5.74, 6) is 0.807. The molecule has 2 nitrogen and oxygen atoms in total. The Hall–Kier alpha value is 0.137. The molecule has 0 rings (SSSR count). The molecule has 3 N–H and O–H groups in total. The Balaban J connectivity index is 3.61. The van der Waals surface area contributed by atoms with Crippen LogP contribution in [0.5, 0.6) is 0 Å². The highest BCUT2D eigenvalue weighted by Crippen LogP contribution is 2.12. The van der Waals surface area contributed by atoms with Crippen molar-refractivity contribution in [3.63, 3.8) is 0 Å². The van der Waals surface area contributed by atoms with E-state index in [1.54, 1.807) is 0 Å². The van der Waals surface area contributed by atoms with Crippen molar-refractivity contribution in [3.8, 4) is 0 Å². The highest BCUT2D eigenvalue weighted by Gasteiger charge is 2.20. The van der Waals surface area contributed by atoms with Crippen LogP contribution < -0.4 is 10.7 Å². The highest BCUT2D eigenvalue weighted by molar-refractivity contribution is 6.75. The quantitative estimate of drug-likeness (QED) is 0.618. The fourth-order valence-electron chi connectivity index (χ4n) is 1.50. The molecule has 0 unspecified atom stereocenters. The minimum atomic E-state index is -1.12. The summed E-state index contributed by atoms with van der Waals surface area (Å²) in [6.45, 7) is 11.0. The van der Waals surface area contributed by atoms with Gasteiger partial charge in [0, 0.05) is 13.1 Å². The molecule has 0 spiro atoms. The highest BCUT2D eigenvalue weighted by atomic mass is 28.3. The lowest BCUT2D eigenvalue weighted by Crippen LogP contribution is -2.47. The topological polar surface area (TPSA) is 38.0 Å². The van der Waals surface area contributed by atoms with Crippen molar-refractivity contribution >= 4 is 8.24 Å². The summed E-state index contributed by atoms with van der Waals surface area (Å²) in [6, 6.07) is 1.34. The Morgan fingerprint density at radius 3 is 2.27 bits per heavy atom. The summed E-state index contributed by atoms with van der Waals surface area (Å²) >= 11 is 0. The van der Waals surface area contributed by atoms with Gasteiger partial charge in [-0.25, -0.2) is 0 Å². The van der Waals surface area contributed by atoms with Gasteiger partial charge in [-0.3, -0.25) is 0 Å². The molecular formula is C8H22N2Si. The zero-order valence-electron chi connectivity index (χ0n) is 8.28. The summed E-state index contributed by atoms with van der Waals surface area (Å²) in [6.07, 6.45) is 0. The van der Waals surface area contributed by atoms with Crippen LogP contribution in [0.3, 0.4) is 0 Å². The van der Waals surface area contributed by atoms with Gasteiger partial charge in [-0.1, -0.05) is 26.9 Å². The molecule has 0 amide bonds. The largest absolute Gasteiger partial charge is 0.336 e. The first-order chi connectivity index (χ1) is 4.98. The van der Waals surface area contributed by atoms with Gasteiger partial charge < -0.3 is 10.7 Å². The van der Waals surface area contributed by atoms with Crippen molar-refractivity contribution in [3.05, 3.63) is 0 Å². The van der Waals surface area contributed by atoms with Crippen molar-refractivity contribution in [1.82, 2.24) is 4.98 Å². The van der Waals surface area contributed by atoms with Gasteiger partial charge in [0.2, 0.25) is 0 Å². The fourth-order valence-corrected chi connectivity index (χ4v) is 4.51. The van der Waals surface area contributed by atoms with Gasteiger partial charge in [0.25, 0.3) is 0 Å². The van der Waals surface area contributed by atoms with Gasteiger partial charge in [-0.15, -0.1) is 0 Å². The first-order valence-electron chi connectivity index (χ1n) is 4.43. The third-order valence-corrected chi connectivity index (χ3v) is 4.71. The van der Waals surface area contributed by atoms with Crippen molar-refractivity contribution in [2.45, 2.75) is 33.0 Å².